The Bertz CT molecular complexity index is 1860. The van der Waals surface area contributed by atoms with E-state index in [4.69, 9.17) is 4.74 Å². The second-order valence-corrected chi connectivity index (χ2v) is 17.3. The van der Waals surface area contributed by atoms with Crippen molar-refractivity contribution in [2.45, 2.75) is 88.1 Å². The van der Waals surface area contributed by atoms with Crippen LogP contribution in [-0.4, -0.2) is 69.6 Å². The second kappa shape index (κ2) is 15.2. The van der Waals surface area contributed by atoms with E-state index in [0.717, 1.165) is 50.5 Å². The minimum atomic E-state index is -4.35. The van der Waals surface area contributed by atoms with Gasteiger partial charge in [-0.05, 0) is 123 Å². The summed E-state index contributed by atoms with van der Waals surface area (Å²) in [5, 5.41) is 14.9. The Morgan fingerprint density at radius 2 is 1.69 bits per heavy atom. The van der Waals surface area contributed by atoms with Crippen LogP contribution in [0.5, 0.6) is 0 Å². The molecule has 12 heteroatoms. The maximum absolute atomic E-state index is 13.2. The standard InChI is InChI=1S/C40H51N5O6S/c1-28(2)34-6-3-4-7-35(34)37-8-5-19-44(37)32-25-40(26-32)17-20-43(21-18-40)31-11-9-30(10-12-31)39(46)42-52(49,50)33-13-14-36(38(24-33)45(47)48)41-27-29-15-22-51-23-16-29/h3-4,6-7,9-14,24,28-29,32,37,41H,5,8,15-23,25-27H2,1-2H3,(H,42,46)/t37-/m0/s1. The molecule has 7 rings (SSSR count). The van der Waals surface area contributed by atoms with Gasteiger partial charge in [0.1, 0.15) is 5.69 Å². The van der Waals surface area contributed by atoms with E-state index >= 15 is 0 Å². The van der Waals surface area contributed by atoms with Gasteiger partial charge in [0.15, 0.2) is 0 Å². The van der Waals surface area contributed by atoms with Crippen LogP contribution >= 0.6 is 0 Å². The van der Waals surface area contributed by atoms with Gasteiger partial charge in [-0.3, -0.25) is 19.8 Å². The quantitative estimate of drug-likeness (QED) is 0.155. The van der Waals surface area contributed by atoms with Crippen LogP contribution < -0.4 is 14.9 Å². The van der Waals surface area contributed by atoms with Gasteiger partial charge >= 0.3 is 0 Å². The van der Waals surface area contributed by atoms with Gasteiger partial charge in [-0.1, -0.05) is 38.1 Å². The molecule has 11 nitrogen and oxygen atoms in total. The Morgan fingerprint density at radius 1 is 0.981 bits per heavy atom. The lowest BCUT2D eigenvalue weighted by Crippen LogP contribution is -2.54. The molecule has 1 aliphatic carbocycles. The van der Waals surface area contributed by atoms with Gasteiger partial charge in [-0.2, -0.15) is 0 Å². The lowest BCUT2D eigenvalue weighted by atomic mass is 9.59. The normalized spacial score (nSPS) is 21.3. The number of anilines is 2. The van der Waals surface area contributed by atoms with E-state index < -0.39 is 20.9 Å². The highest BCUT2D eigenvalue weighted by atomic mass is 32.2. The van der Waals surface area contributed by atoms with Gasteiger partial charge in [-0.25, -0.2) is 13.1 Å². The van der Waals surface area contributed by atoms with Gasteiger partial charge in [0.2, 0.25) is 0 Å². The van der Waals surface area contributed by atoms with Crippen LogP contribution in [0.2, 0.25) is 0 Å². The molecule has 0 unspecified atom stereocenters. The Hall–Kier alpha value is -4.00. The van der Waals surface area contributed by atoms with Gasteiger partial charge in [0, 0.05) is 62.2 Å². The highest BCUT2D eigenvalue weighted by Gasteiger charge is 2.50. The monoisotopic (exact) mass is 729 g/mol. The number of carbonyl (C=O) groups is 1. The molecule has 2 N–H and O–H groups in total. The van der Waals surface area contributed by atoms with Crippen LogP contribution in [0.15, 0.2) is 71.6 Å². The molecule has 3 aromatic rings. The summed E-state index contributed by atoms with van der Waals surface area (Å²) in [5.74, 6) is 0.0541. The van der Waals surface area contributed by atoms with Crippen molar-refractivity contribution >= 4 is 33.0 Å². The number of likely N-dealkylation sites (tertiary alicyclic amines) is 1. The van der Waals surface area contributed by atoms with Crippen LogP contribution in [-0.2, 0) is 14.8 Å². The Balaban J connectivity index is 0.922. The van der Waals surface area contributed by atoms with Crippen LogP contribution in [0.3, 0.4) is 0 Å². The fraction of sp³-hybridized carbons (Fsp3) is 0.525. The smallest absolute Gasteiger partial charge is 0.293 e. The molecule has 52 heavy (non-hydrogen) atoms. The number of ether oxygens (including phenoxy) is 1. The Morgan fingerprint density at radius 3 is 2.38 bits per heavy atom. The van der Waals surface area contributed by atoms with Crippen molar-refractivity contribution in [3.63, 3.8) is 0 Å². The molecular formula is C40H51N5O6S. The number of hydrogen-bond donors (Lipinski definition) is 2. The minimum absolute atomic E-state index is 0.200. The number of nitrogens with zero attached hydrogens (tertiary/aromatic N) is 3. The SMILES string of the molecule is CC(C)c1ccccc1[C@@H]1CCCN1C1CC2(CCN(c3ccc(C(=O)NS(=O)(=O)c4ccc(NCC5CCOCC5)c([N+](=O)[O-])c4)cc3)CC2)C1. The maximum Gasteiger partial charge on any atom is 0.293 e. The van der Waals surface area contributed by atoms with E-state index in [1.165, 1.54) is 55.5 Å². The molecule has 0 bridgehead atoms. The van der Waals surface area contributed by atoms with Crippen molar-refractivity contribution in [3.8, 4) is 0 Å². The third kappa shape index (κ3) is 7.70. The van der Waals surface area contributed by atoms with Gasteiger partial charge < -0.3 is 15.0 Å². The molecule has 3 aromatic carbocycles. The van der Waals surface area contributed by atoms with E-state index in [-0.39, 0.29) is 21.8 Å². The summed E-state index contributed by atoms with van der Waals surface area (Å²) in [4.78, 5) is 29.1. The topological polar surface area (TPSA) is 134 Å². The maximum atomic E-state index is 13.2. The molecule has 3 aliphatic heterocycles. The summed E-state index contributed by atoms with van der Waals surface area (Å²) in [6, 6.07) is 20.9. The van der Waals surface area contributed by atoms with Crippen LogP contribution in [0.25, 0.3) is 0 Å². The molecule has 0 aromatic heterocycles. The fourth-order valence-electron chi connectivity index (χ4n) is 8.97. The van der Waals surface area contributed by atoms with Crippen LogP contribution in [0.4, 0.5) is 17.1 Å². The number of hydrogen-bond acceptors (Lipinski definition) is 9. The predicted molar refractivity (Wildman–Crippen MR) is 202 cm³/mol. The average Bonchev–Trinajstić information content (AvgIpc) is 3.63. The fourth-order valence-corrected chi connectivity index (χ4v) is 9.96. The number of nitro groups is 1. The lowest BCUT2D eigenvalue weighted by molar-refractivity contribution is -0.384. The lowest BCUT2D eigenvalue weighted by Gasteiger charge is -2.56. The van der Waals surface area contributed by atoms with E-state index in [0.29, 0.717) is 49.1 Å². The first kappa shape index (κ1) is 36.4. The summed E-state index contributed by atoms with van der Waals surface area (Å²) in [5.41, 5.74) is 4.49. The first-order chi connectivity index (χ1) is 25.0. The molecule has 3 heterocycles. The van der Waals surface area contributed by atoms with E-state index in [1.54, 1.807) is 12.1 Å². The highest BCUT2D eigenvalue weighted by molar-refractivity contribution is 7.90. The van der Waals surface area contributed by atoms with Crippen molar-refractivity contribution in [1.29, 1.82) is 0 Å². The molecule has 1 atom stereocenters. The second-order valence-electron chi connectivity index (χ2n) is 15.6. The third-order valence-corrected chi connectivity index (χ3v) is 13.4. The summed E-state index contributed by atoms with van der Waals surface area (Å²) < 4.78 is 33.8. The van der Waals surface area contributed by atoms with E-state index in [1.807, 2.05) is 12.1 Å². The van der Waals surface area contributed by atoms with Crippen LogP contribution in [0.1, 0.15) is 98.7 Å². The summed E-state index contributed by atoms with van der Waals surface area (Å²) in [6.45, 7) is 9.51. The number of carbonyl (C=O) groups excluding carboxylic acids is 1. The number of benzene rings is 3. The molecule has 4 fully saturated rings. The predicted octanol–water partition coefficient (Wildman–Crippen LogP) is 7.26. The zero-order chi connectivity index (χ0) is 36.5. The van der Waals surface area contributed by atoms with E-state index in [2.05, 4.69) is 58.0 Å². The molecule has 3 saturated heterocycles. The van der Waals surface area contributed by atoms with Gasteiger partial charge in [0.05, 0.1) is 9.82 Å². The third-order valence-electron chi connectivity index (χ3n) is 12.0. The van der Waals surface area contributed by atoms with Crippen molar-refractivity contribution < 1.29 is 22.9 Å². The molecule has 1 spiro atoms. The van der Waals surface area contributed by atoms with Crippen molar-refractivity contribution in [2.24, 2.45) is 11.3 Å². The number of amides is 1. The van der Waals surface area contributed by atoms with E-state index in [9.17, 15) is 23.3 Å². The summed E-state index contributed by atoms with van der Waals surface area (Å²) in [6.07, 6.45) is 9.01. The number of piperidine rings is 1. The first-order valence-electron chi connectivity index (χ1n) is 18.9. The number of sulfonamides is 1. The van der Waals surface area contributed by atoms with Gasteiger partial charge in [-0.15, -0.1) is 0 Å². The Kier molecular flexibility index (Phi) is 10.6. The van der Waals surface area contributed by atoms with Crippen molar-refractivity contribution in [1.82, 2.24) is 9.62 Å². The molecule has 278 valence electrons. The molecule has 0 radical (unpaired) electrons. The molecule has 4 aliphatic rings. The Labute approximate surface area is 307 Å². The highest BCUT2D eigenvalue weighted by Crippen LogP contribution is 2.54. The summed E-state index contributed by atoms with van der Waals surface area (Å²) in [7, 11) is -4.35. The zero-order valence-electron chi connectivity index (χ0n) is 30.3. The van der Waals surface area contributed by atoms with Crippen LogP contribution in [0, 0.1) is 21.4 Å². The van der Waals surface area contributed by atoms with Crippen molar-refractivity contribution in [2.75, 3.05) is 49.6 Å². The number of rotatable bonds is 11. The minimum Gasteiger partial charge on any atom is -0.381 e. The molecule has 1 saturated carbocycles. The van der Waals surface area contributed by atoms with Gasteiger partial charge in [0.25, 0.3) is 21.6 Å². The number of nitrogens with one attached hydrogen (secondary N) is 2. The molecule has 1 amide bonds. The zero-order valence-corrected chi connectivity index (χ0v) is 31.1. The average molecular weight is 730 g/mol. The molecular weight excluding hydrogens is 679 g/mol. The summed E-state index contributed by atoms with van der Waals surface area (Å²) >= 11 is 0. The largest absolute Gasteiger partial charge is 0.381 e. The first-order valence-corrected chi connectivity index (χ1v) is 20.4. The van der Waals surface area contributed by atoms with Crippen molar-refractivity contribution in [3.05, 3.63) is 93.5 Å². The number of nitro benzene ring substituents is 1.